The highest BCUT2D eigenvalue weighted by atomic mass is 16.3. The molecule has 0 aromatic heterocycles. The Morgan fingerprint density at radius 3 is 2.28 bits per heavy atom. The molecule has 0 spiro atoms. The summed E-state index contributed by atoms with van der Waals surface area (Å²) in [5.74, 6) is 3.75. The summed E-state index contributed by atoms with van der Waals surface area (Å²) in [5, 5.41) is 21.1. The van der Waals surface area contributed by atoms with Gasteiger partial charge >= 0.3 is 0 Å². The van der Waals surface area contributed by atoms with Crippen LogP contribution in [0.1, 0.15) is 120 Å². The minimum Gasteiger partial charge on any atom is -0.393 e. The van der Waals surface area contributed by atoms with Crippen LogP contribution in [0.4, 0.5) is 0 Å². The number of rotatable bonds is 16. The SMILES string of the molecule is C/C=C/[C@@H]1C=CC(C[C@@H](C[C@@H](O)CC)[C@H](C)[C@@H](C(/C(=C/C[C@@H](C)O)CC)C(C)C)[C@@H]2CC=C(CC)CC2)=CC1. The molecule has 0 bridgehead atoms. The first-order valence-electron chi connectivity index (χ1n) is 16.4. The van der Waals surface area contributed by atoms with Crippen molar-refractivity contribution in [2.45, 2.75) is 132 Å². The lowest BCUT2D eigenvalue weighted by Crippen LogP contribution is -2.38. The van der Waals surface area contributed by atoms with Gasteiger partial charge in [0.05, 0.1) is 12.2 Å². The topological polar surface area (TPSA) is 40.5 Å². The van der Waals surface area contributed by atoms with Gasteiger partial charge in [-0.2, -0.15) is 0 Å². The summed E-state index contributed by atoms with van der Waals surface area (Å²) < 4.78 is 0. The molecule has 0 aromatic rings. The zero-order valence-corrected chi connectivity index (χ0v) is 26.7. The van der Waals surface area contributed by atoms with Crippen LogP contribution in [0.3, 0.4) is 0 Å². The number of allylic oxidation sites excluding steroid dienone is 9. The zero-order chi connectivity index (χ0) is 28.9. The minimum atomic E-state index is -0.302. The fourth-order valence-electron chi connectivity index (χ4n) is 7.43. The molecular weight excluding hydrogens is 476 g/mol. The molecule has 0 saturated carbocycles. The summed E-state index contributed by atoms with van der Waals surface area (Å²) in [4.78, 5) is 0. The molecule has 2 N–H and O–H groups in total. The van der Waals surface area contributed by atoms with E-state index in [2.05, 4.69) is 91.0 Å². The second-order valence-electron chi connectivity index (χ2n) is 13.0. The second-order valence-corrected chi connectivity index (χ2v) is 13.0. The fraction of sp³-hybridized carbons (Fsp3) is 0.730. The third kappa shape index (κ3) is 10.5. The van der Waals surface area contributed by atoms with Crippen molar-refractivity contribution in [3.05, 3.63) is 59.3 Å². The van der Waals surface area contributed by atoms with Crippen LogP contribution >= 0.6 is 0 Å². The van der Waals surface area contributed by atoms with Crippen LogP contribution in [0.2, 0.25) is 0 Å². The molecule has 39 heavy (non-hydrogen) atoms. The number of aliphatic hydroxyl groups excluding tert-OH is 2. The molecule has 0 saturated heterocycles. The highest BCUT2D eigenvalue weighted by Gasteiger charge is 2.40. The van der Waals surface area contributed by atoms with Gasteiger partial charge in [-0.05, 0) is 119 Å². The molecule has 2 aliphatic rings. The summed E-state index contributed by atoms with van der Waals surface area (Å²) in [5.41, 5.74) is 4.62. The minimum absolute atomic E-state index is 0.242. The lowest BCUT2D eigenvalue weighted by Gasteiger charge is -2.45. The van der Waals surface area contributed by atoms with E-state index < -0.39 is 0 Å². The van der Waals surface area contributed by atoms with Crippen LogP contribution in [0.5, 0.6) is 0 Å². The van der Waals surface area contributed by atoms with Gasteiger partial charge in [0.1, 0.15) is 0 Å². The van der Waals surface area contributed by atoms with Crippen LogP contribution in [-0.4, -0.2) is 22.4 Å². The molecule has 0 heterocycles. The third-order valence-corrected chi connectivity index (χ3v) is 9.78. The van der Waals surface area contributed by atoms with E-state index in [9.17, 15) is 10.2 Å². The van der Waals surface area contributed by atoms with Crippen LogP contribution < -0.4 is 0 Å². The highest BCUT2D eigenvalue weighted by molar-refractivity contribution is 5.26. The predicted octanol–water partition coefficient (Wildman–Crippen LogP) is 10.0. The van der Waals surface area contributed by atoms with Gasteiger partial charge in [0, 0.05) is 0 Å². The first-order valence-corrected chi connectivity index (χ1v) is 16.4. The molecule has 0 radical (unpaired) electrons. The van der Waals surface area contributed by atoms with Gasteiger partial charge in [-0.25, -0.2) is 0 Å². The molecule has 2 rings (SSSR count). The van der Waals surface area contributed by atoms with Crippen molar-refractivity contribution >= 4 is 0 Å². The normalized spacial score (nSPS) is 25.3. The van der Waals surface area contributed by atoms with Gasteiger partial charge in [-0.1, -0.05) is 101 Å². The molecule has 0 aliphatic heterocycles. The Balaban J connectivity index is 2.49. The lowest BCUT2D eigenvalue weighted by atomic mass is 9.60. The molecule has 2 nitrogen and oxygen atoms in total. The van der Waals surface area contributed by atoms with Crippen LogP contribution in [0, 0.1) is 41.4 Å². The van der Waals surface area contributed by atoms with Crippen LogP contribution in [-0.2, 0) is 0 Å². The summed E-state index contributed by atoms with van der Waals surface area (Å²) in [6, 6.07) is 0. The van der Waals surface area contributed by atoms with E-state index in [0.29, 0.717) is 41.4 Å². The zero-order valence-electron chi connectivity index (χ0n) is 26.7. The average Bonchev–Trinajstić information content (AvgIpc) is 2.93. The first-order chi connectivity index (χ1) is 18.6. The van der Waals surface area contributed by atoms with Gasteiger partial charge in [-0.15, -0.1) is 0 Å². The summed E-state index contributed by atoms with van der Waals surface area (Å²) in [6.45, 7) is 18.1. The lowest BCUT2D eigenvalue weighted by molar-refractivity contribution is 0.0594. The smallest absolute Gasteiger partial charge is 0.0546 e. The second kappa shape index (κ2) is 17.4. The van der Waals surface area contributed by atoms with E-state index in [1.807, 2.05) is 6.92 Å². The molecule has 2 heteroatoms. The van der Waals surface area contributed by atoms with Crippen molar-refractivity contribution in [3.8, 4) is 0 Å². The Hall–Kier alpha value is -1.38. The molecular formula is C37H62O2. The standard InChI is InChI=1S/C37H62O2/c1-9-13-30-15-17-31(18-16-30)24-34(25-35(39)12-4)28(8)37(33-22-19-29(10-2)20-23-33)36(26(5)6)32(11-3)21-14-27(7)38/h9,13,15,17-19,21,26-28,30,33-39H,10-12,14,16,20,22-25H2,1-8H3/b13-9+,32-21+/t27-,28+,30-,33-,34+,35+,36?,37-/m1/s1. The summed E-state index contributed by atoms with van der Waals surface area (Å²) in [6.07, 6.45) is 26.5. The van der Waals surface area contributed by atoms with E-state index in [1.165, 1.54) is 36.8 Å². The Morgan fingerprint density at radius 2 is 1.79 bits per heavy atom. The van der Waals surface area contributed by atoms with Crippen molar-refractivity contribution in [1.29, 1.82) is 0 Å². The first kappa shape index (κ1) is 33.8. The third-order valence-electron chi connectivity index (χ3n) is 9.78. The maximum Gasteiger partial charge on any atom is 0.0546 e. The van der Waals surface area contributed by atoms with E-state index in [0.717, 1.165) is 38.5 Å². The van der Waals surface area contributed by atoms with E-state index >= 15 is 0 Å². The maximum atomic E-state index is 10.9. The summed E-state index contributed by atoms with van der Waals surface area (Å²) >= 11 is 0. The number of hydrogen-bond donors (Lipinski definition) is 2. The van der Waals surface area contributed by atoms with E-state index in [-0.39, 0.29) is 12.2 Å². The predicted molar refractivity (Wildman–Crippen MR) is 171 cm³/mol. The van der Waals surface area contributed by atoms with Crippen molar-refractivity contribution in [2.24, 2.45) is 41.4 Å². The Morgan fingerprint density at radius 1 is 1.05 bits per heavy atom. The largest absolute Gasteiger partial charge is 0.393 e. The van der Waals surface area contributed by atoms with Crippen LogP contribution in [0.15, 0.2) is 59.3 Å². The quantitative estimate of drug-likeness (QED) is 0.192. The van der Waals surface area contributed by atoms with Crippen molar-refractivity contribution in [2.75, 3.05) is 0 Å². The Kier molecular flexibility index (Phi) is 15.1. The number of aliphatic hydroxyl groups is 2. The van der Waals surface area contributed by atoms with Gasteiger partial charge in [0.25, 0.3) is 0 Å². The Labute approximate surface area is 242 Å². The molecule has 2 aliphatic carbocycles. The van der Waals surface area contributed by atoms with Gasteiger partial charge in [0.2, 0.25) is 0 Å². The van der Waals surface area contributed by atoms with Crippen LogP contribution in [0.25, 0.3) is 0 Å². The Bertz CT molecular complexity index is 855. The van der Waals surface area contributed by atoms with Gasteiger partial charge < -0.3 is 10.2 Å². The molecule has 0 fully saturated rings. The van der Waals surface area contributed by atoms with Crippen molar-refractivity contribution < 1.29 is 10.2 Å². The number of hydrogen-bond acceptors (Lipinski definition) is 2. The molecule has 0 aromatic carbocycles. The molecule has 8 atom stereocenters. The average molecular weight is 539 g/mol. The molecule has 222 valence electrons. The van der Waals surface area contributed by atoms with Gasteiger partial charge in [0.15, 0.2) is 0 Å². The van der Waals surface area contributed by atoms with Crippen molar-refractivity contribution in [1.82, 2.24) is 0 Å². The summed E-state index contributed by atoms with van der Waals surface area (Å²) in [7, 11) is 0. The van der Waals surface area contributed by atoms with Gasteiger partial charge in [-0.3, -0.25) is 0 Å². The molecule has 0 amide bonds. The van der Waals surface area contributed by atoms with E-state index in [4.69, 9.17) is 0 Å². The highest BCUT2D eigenvalue weighted by Crippen LogP contribution is 2.48. The monoisotopic (exact) mass is 538 g/mol. The molecule has 1 unspecified atom stereocenters. The van der Waals surface area contributed by atoms with E-state index in [1.54, 1.807) is 5.57 Å². The maximum absolute atomic E-state index is 10.9. The fourth-order valence-corrected chi connectivity index (χ4v) is 7.43. The van der Waals surface area contributed by atoms with Crippen molar-refractivity contribution in [3.63, 3.8) is 0 Å².